The van der Waals surface area contributed by atoms with Crippen molar-refractivity contribution < 1.29 is 19.1 Å². The summed E-state index contributed by atoms with van der Waals surface area (Å²) in [6.07, 6.45) is 0.320. The Morgan fingerprint density at radius 3 is 1.86 bits per heavy atom. The Labute approximate surface area is 292 Å². The van der Waals surface area contributed by atoms with Gasteiger partial charge in [-0.1, -0.05) is 36.4 Å². The SMILES string of the molecule is COc1ccccc1NC(=O)NC(CCC(=O)N1CCN(c2nsc3ccccc23)CC1)C(=O)N1CCN(c2nsc3ccccc23)CC1. The molecule has 0 bridgehead atoms. The average molecular weight is 699 g/mol. The summed E-state index contributed by atoms with van der Waals surface area (Å²) in [5.74, 6) is 2.17. The molecule has 4 heterocycles. The highest BCUT2D eigenvalue weighted by Crippen LogP contribution is 2.31. The molecular weight excluding hydrogens is 661 g/mol. The lowest BCUT2D eigenvalue weighted by Gasteiger charge is -2.37. The van der Waals surface area contributed by atoms with E-state index in [0.717, 1.165) is 31.8 Å². The van der Waals surface area contributed by atoms with Gasteiger partial charge in [0.25, 0.3) is 0 Å². The second kappa shape index (κ2) is 14.7. The summed E-state index contributed by atoms with van der Waals surface area (Å²) in [5, 5.41) is 7.92. The van der Waals surface area contributed by atoms with Crippen LogP contribution in [-0.2, 0) is 9.59 Å². The largest absolute Gasteiger partial charge is 0.495 e. The lowest BCUT2D eigenvalue weighted by molar-refractivity contribution is -0.134. The fraction of sp³-hybridized carbons (Fsp3) is 0.343. The first-order valence-corrected chi connectivity index (χ1v) is 18.0. The summed E-state index contributed by atoms with van der Waals surface area (Å²) >= 11 is 2.96. The molecule has 2 aromatic heterocycles. The molecule has 3 aromatic carbocycles. The van der Waals surface area contributed by atoms with Crippen LogP contribution in [0, 0.1) is 0 Å². The van der Waals surface area contributed by atoms with Crippen LogP contribution in [0.3, 0.4) is 0 Å². The van der Waals surface area contributed by atoms with Crippen LogP contribution >= 0.6 is 23.1 Å². The normalized spacial score (nSPS) is 15.8. The highest BCUT2D eigenvalue weighted by molar-refractivity contribution is 7.14. The third-order valence-corrected chi connectivity index (χ3v) is 10.8. The molecule has 12 nitrogen and oxygen atoms in total. The number of aromatic nitrogens is 2. The number of nitrogens with one attached hydrogen (secondary N) is 2. The van der Waals surface area contributed by atoms with E-state index in [4.69, 9.17) is 4.74 Å². The number of hydrogen-bond acceptors (Lipinski definition) is 10. The van der Waals surface area contributed by atoms with Crippen LogP contribution in [0.2, 0.25) is 0 Å². The van der Waals surface area contributed by atoms with E-state index < -0.39 is 12.1 Å². The van der Waals surface area contributed by atoms with E-state index in [0.29, 0.717) is 63.8 Å². The Bertz CT molecular complexity index is 1950. The number of rotatable bonds is 9. The molecule has 49 heavy (non-hydrogen) atoms. The number of carbonyl (C=O) groups is 3. The monoisotopic (exact) mass is 698 g/mol. The Balaban J connectivity index is 0.988. The van der Waals surface area contributed by atoms with E-state index in [9.17, 15) is 14.4 Å². The van der Waals surface area contributed by atoms with Crippen molar-refractivity contribution in [2.45, 2.75) is 18.9 Å². The number of amides is 4. The zero-order chi connectivity index (χ0) is 33.7. The second-order valence-electron chi connectivity index (χ2n) is 12.1. The van der Waals surface area contributed by atoms with Crippen molar-refractivity contribution >= 4 is 78.4 Å². The van der Waals surface area contributed by atoms with Gasteiger partial charge in [-0.3, -0.25) is 9.59 Å². The first-order valence-electron chi connectivity index (χ1n) is 16.4. The maximum Gasteiger partial charge on any atom is 0.319 e. The van der Waals surface area contributed by atoms with Gasteiger partial charge < -0.3 is 35.0 Å². The molecule has 2 aliphatic heterocycles. The lowest BCUT2D eigenvalue weighted by atomic mass is 10.1. The van der Waals surface area contributed by atoms with E-state index in [1.54, 1.807) is 23.1 Å². The number of methoxy groups -OCH3 is 1. The molecule has 0 aliphatic carbocycles. The first kappa shape index (κ1) is 32.6. The first-order chi connectivity index (χ1) is 24.0. The van der Waals surface area contributed by atoms with Gasteiger partial charge in [0.15, 0.2) is 0 Å². The minimum atomic E-state index is -0.882. The molecule has 14 heteroatoms. The fourth-order valence-corrected chi connectivity index (χ4v) is 8.07. The van der Waals surface area contributed by atoms with E-state index in [2.05, 4.69) is 53.4 Å². The molecule has 254 valence electrons. The van der Waals surface area contributed by atoms with Gasteiger partial charge in [0.1, 0.15) is 23.4 Å². The Kier molecular flexibility index (Phi) is 9.75. The van der Waals surface area contributed by atoms with E-state index in [1.807, 2.05) is 35.2 Å². The molecular formula is C35H38N8O4S2. The third kappa shape index (κ3) is 7.10. The van der Waals surface area contributed by atoms with Crippen molar-refractivity contribution in [3.05, 3.63) is 72.8 Å². The topological polar surface area (TPSA) is 123 Å². The number of benzene rings is 3. The van der Waals surface area contributed by atoms with Crippen LogP contribution in [-0.4, -0.2) is 102 Å². The molecule has 1 atom stereocenters. The number of hydrogen-bond donors (Lipinski definition) is 2. The second-order valence-corrected chi connectivity index (χ2v) is 13.7. The van der Waals surface area contributed by atoms with Crippen molar-refractivity contribution in [3.8, 4) is 5.75 Å². The van der Waals surface area contributed by atoms with Gasteiger partial charge in [-0.2, -0.15) is 8.75 Å². The van der Waals surface area contributed by atoms with Gasteiger partial charge in [-0.25, -0.2) is 4.79 Å². The van der Waals surface area contributed by atoms with E-state index >= 15 is 0 Å². The summed E-state index contributed by atoms with van der Waals surface area (Å²) in [5.41, 5.74) is 0.486. The zero-order valence-electron chi connectivity index (χ0n) is 27.2. The number of fused-ring (bicyclic) bond motifs is 2. The Morgan fingerprint density at radius 2 is 1.27 bits per heavy atom. The van der Waals surface area contributed by atoms with Crippen molar-refractivity contribution in [1.82, 2.24) is 23.9 Å². The quantitative estimate of drug-likeness (QED) is 0.223. The number of piperazine rings is 2. The van der Waals surface area contributed by atoms with Crippen molar-refractivity contribution in [1.29, 1.82) is 0 Å². The van der Waals surface area contributed by atoms with Gasteiger partial charge in [0.05, 0.1) is 22.2 Å². The molecule has 2 fully saturated rings. The lowest BCUT2D eigenvalue weighted by Crippen LogP contribution is -2.56. The van der Waals surface area contributed by atoms with Crippen molar-refractivity contribution in [3.63, 3.8) is 0 Å². The Hall–Kier alpha value is -4.95. The number of anilines is 3. The molecule has 2 N–H and O–H groups in total. The summed E-state index contributed by atoms with van der Waals surface area (Å²) in [6, 6.07) is 22.0. The number of ether oxygens (including phenoxy) is 1. The molecule has 1 unspecified atom stereocenters. The van der Waals surface area contributed by atoms with Crippen LogP contribution in [0.15, 0.2) is 72.8 Å². The maximum absolute atomic E-state index is 14.0. The molecule has 5 aromatic rings. The van der Waals surface area contributed by atoms with Gasteiger partial charge in [-0.15, -0.1) is 0 Å². The molecule has 7 rings (SSSR count). The highest BCUT2D eigenvalue weighted by Gasteiger charge is 2.31. The van der Waals surface area contributed by atoms with Gasteiger partial charge in [0, 0.05) is 69.6 Å². The van der Waals surface area contributed by atoms with Gasteiger partial charge >= 0.3 is 6.03 Å². The Morgan fingerprint density at radius 1 is 0.735 bits per heavy atom. The van der Waals surface area contributed by atoms with Crippen LogP contribution in [0.5, 0.6) is 5.75 Å². The minimum absolute atomic E-state index is 0.0345. The average Bonchev–Trinajstić information content (AvgIpc) is 3.78. The zero-order valence-corrected chi connectivity index (χ0v) is 28.8. The standard InChI is InChI=1S/C35H38N8O4S2/c1-47-28-11-5-4-10-26(28)36-35(46)37-27(34(45)43-22-20-42(21-23-43)33-25-9-3-7-13-30(25)49-39-33)14-15-31(44)40-16-18-41(19-17-40)32-24-8-2-6-12-29(24)48-38-32/h2-13,27H,14-23H2,1H3,(H2,36,37,46). The minimum Gasteiger partial charge on any atom is -0.495 e. The summed E-state index contributed by atoms with van der Waals surface area (Å²) in [7, 11) is 1.53. The van der Waals surface area contributed by atoms with Crippen molar-refractivity contribution in [2.24, 2.45) is 0 Å². The molecule has 0 radical (unpaired) electrons. The number of carbonyl (C=O) groups excluding carboxylic acids is 3. The maximum atomic E-state index is 14.0. The van der Waals surface area contributed by atoms with Crippen LogP contribution < -0.4 is 25.2 Å². The highest BCUT2D eigenvalue weighted by atomic mass is 32.1. The third-order valence-electron chi connectivity index (χ3n) is 9.15. The van der Waals surface area contributed by atoms with E-state index in [1.165, 1.54) is 30.2 Å². The number of para-hydroxylation sites is 2. The smallest absolute Gasteiger partial charge is 0.319 e. The summed E-state index contributed by atoms with van der Waals surface area (Å²) in [4.78, 5) is 48.7. The number of urea groups is 1. The van der Waals surface area contributed by atoms with Crippen LogP contribution in [0.25, 0.3) is 20.2 Å². The van der Waals surface area contributed by atoms with E-state index in [-0.39, 0.29) is 24.7 Å². The molecule has 0 saturated carbocycles. The molecule has 0 spiro atoms. The van der Waals surface area contributed by atoms with Crippen LogP contribution in [0.4, 0.5) is 22.1 Å². The van der Waals surface area contributed by atoms with Gasteiger partial charge in [0.2, 0.25) is 11.8 Å². The molecule has 2 aliphatic rings. The summed E-state index contributed by atoms with van der Waals surface area (Å²) < 4.78 is 17.0. The number of nitrogens with zero attached hydrogens (tertiary/aromatic N) is 6. The van der Waals surface area contributed by atoms with Gasteiger partial charge in [-0.05, 0) is 65.9 Å². The fourth-order valence-electron chi connectivity index (χ4n) is 6.48. The molecule has 4 amide bonds. The predicted octanol–water partition coefficient (Wildman–Crippen LogP) is 4.88. The van der Waals surface area contributed by atoms with Crippen LogP contribution in [0.1, 0.15) is 12.8 Å². The summed E-state index contributed by atoms with van der Waals surface area (Å²) in [6.45, 7) is 4.71. The predicted molar refractivity (Wildman–Crippen MR) is 195 cm³/mol. The molecule has 2 saturated heterocycles. The van der Waals surface area contributed by atoms with Crippen molar-refractivity contribution in [2.75, 3.05) is 74.6 Å².